The Morgan fingerprint density at radius 1 is 1.40 bits per heavy atom. The molecule has 0 N–H and O–H groups in total. The first kappa shape index (κ1) is 8.10. The van der Waals surface area contributed by atoms with E-state index in [1.165, 1.54) is 25.7 Å². The highest BCUT2D eigenvalue weighted by Crippen LogP contribution is 2.41. The van der Waals surface area contributed by atoms with E-state index in [1.807, 2.05) is 0 Å². The standard InChI is InChI=1S/C10H20/c1-8(2)5-4-6-10-7-9(10)3/h8-10H,4-7H2,1-3H3/t9-,10+/m0/s1. The summed E-state index contributed by atoms with van der Waals surface area (Å²) in [5.41, 5.74) is 0. The van der Waals surface area contributed by atoms with E-state index in [2.05, 4.69) is 20.8 Å². The minimum absolute atomic E-state index is 0.911. The van der Waals surface area contributed by atoms with Crippen molar-refractivity contribution in [2.75, 3.05) is 0 Å². The lowest BCUT2D eigenvalue weighted by molar-refractivity contribution is 0.511. The Kier molecular flexibility index (Phi) is 2.76. The van der Waals surface area contributed by atoms with E-state index >= 15 is 0 Å². The average molecular weight is 140 g/mol. The lowest BCUT2D eigenvalue weighted by Crippen LogP contribution is -1.88. The molecule has 0 aliphatic heterocycles. The van der Waals surface area contributed by atoms with Gasteiger partial charge in [-0.05, 0) is 24.2 Å². The molecule has 0 bridgehead atoms. The molecule has 0 nitrogen and oxygen atoms in total. The molecule has 0 spiro atoms. The molecule has 0 amide bonds. The summed E-state index contributed by atoms with van der Waals surface area (Å²) in [5.74, 6) is 3.08. The Labute approximate surface area is 65.0 Å². The lowest BCUT2D eigenvalue weighted by atomic mass is 10.0. The summed E-state index contributed by atoms with van der Waals surface area (Å²) in [4.78, 5) is 0. The molecule has 1 rings (SSSR count). The van der Waals surface area contributed by atoms with Crippen LogP contribution in [0.1, 0.15) is 46.5 Å². The van der Waals surface area contributed by atoms with E-state index in [0.717, 1.165) is 17.8 Å². The van der Waals surface area contributed by atoms with Crippen molar-refractivity contribution < 1.29 is 0 Å². The molecule has 0 unspecified atom stereocenters. The van der Waals surface area contributed by atoms with E-state index in [0.29, 0.717) is 0 Å². The van der Waals surface area contributed by atoms with Gasteiger partial charge in [0.05, 0.1) is 0 Å². The van der Waals surface area contributed by atoms with Gasteiger partial charge >= 0.3 is 0 Å². The van der Waals surface area contributed by atoms with Crippen LogP contribution in [0.3, 0.4) is 0 Å². The van der Waals surface area contributed by atoms with Gasteiger partial charge in [0.2, 0.25) is 0 Å². The van der Waals surface area contributed by atoms with Crippen LogP contribution >= 0.6 is 0 Å². The van der Waals surface area contributed by atoms with E-state index in [1.54, 1.807) is 0 Å². The lowest BCUT2D eigenvalue weighted by Gasteiger charge is -2.02. The van der Waals surface area contributed by atoms with Gasteiger partial charge in [0.25, 0.3) is 0 Å². The van der Waals surface area contributed by atoms with Crippen LogP contribution in [0, 0.1) is 17.8 Å². The summed E-state index contributed by atoms with van der Waals surface area (Å²) >= 11 is 0. The maximum Gasteiger partial charge on any atom is -0.0386 e. The topological polar surface area (TPSA) is 0 Å². The summed E-state index contributed by atoms with van der Waals surface area (Å²) in [5, 5.41) is 0. The van der Waals surface area contributed by atoms with Crippen molar-refractivity contribution >= 4 is 0 Å². The maximum atomic E-state index is 2.38. The molecular weight excluding hydrogens is 120 g/mol. The molecule has 0 heterocycles. The highest BCUT2D eigenvalue weighted by molar-refractivity contribution is 4.81. The van der Waals surface area contributed by atoms with Crippen LogP contribution in [0.25, 0.3) is 0 Å². The van der Waals surface area contributed by atoms with Gasteiger partial charge in [-0.25, -0.2) is 0 Å². The predicted molar refractivity (Wildman–Crippen MR) is 46.0 cm³/mol. The Hall–Kier alpha value is 0. The van der Waals surface area contributed by atoms with Crippen molar-refractivity contribution in [2.45, 2.75) is 46.5 Å². The smallest absolute Gasteiger partial charge is 0.0386 e. The Morgan fingerprint density at radius 2 is 2.00 bits per heavy atom. The average Bonchev–Trinajstić information content (AvgIpc) is 2.46. The highest BCUT2D eigenvalue weighted by atomic mass is 14.4. The third-order valence-electron chi connectivity index (χ3n) is 2.63. The third kappa shape index (κ3) is 2.72. The van der Waals surface area contributed by atoms with Crippen LogP contribution in [0.4, 0.5) is 0 Å². The van der Waals surface area contributed by atoms with Crippen LogP contribution in [-0.4, -0.2) is 0 Å². The first-order valence-corrected chi connectivity index (χ1v) is 4.70. The minimum Gasteiger partial charge on any atom is -0.0628 e. The zero-order chi connectivity index (χ0) is 7.56. The van der Waals surface area contributed by atoms with Gasteiger partial charge in [0, 0.05) is 0 Å². The number of rotatable bonds is 4. The summed E-state index contributed by atoms with van der Waals surface area (Å²) in [6.45, 7) is 7.01. The molecule has 10 heavy (non-hydrogen) atoms. The van der Waals surface area contributed by atoms with Gasteiger partial charge in [0.15, 0.2) is 0 Å². The molecule has 60 valence electrons. The molecule has 0 heteroatoms. The largest absolute Gasteiger partial charge is 0.0628 e. The van der Waals surface area contributed by atoms with Crippen LogP contribution in [0.2, 0.25) is 0 Å². The van der Waals surface area contributed by atoms with E-state index in [4.69, 9.17) is 0 Å². The summed E-state index contributed by atoms with van der Waals surface area (Å²) in [6.07, 6.45) is 5.91. The molecule has 0 aromatic heterocycles. The van der Waals surface area contributed by atoms with Crippen molar-refractivity contribution in [1.82, 2.24) is 0 Å². The maximum absolute atomic E-state index is 2.38. The van der Waals surface area contributed by atoms with Crippen molar-refractivity contribution in [2.24, 2.45) is 17.8 Å². The normalized spacial score (nSPS) is 31.2. The van der Waals surface area contributed by atoms with Gasteiger partial charge < -0.3 is 0 Å². The zero-order valence-corrected chi connectivity index (χ0v) is 7.56. The Bertz CT molecular complexity index is 94.2. The van der Waals surface area contributed by atoms with Crippen LogP contribution < -0.4 is 0 Å². The molecule has 1 aliphatic rings. The first-order valence-electron chi connectivity index (χ1n) is 4.70. The van der Waals surface area contributed by atoms with Gasteiger partial charge in [-0.2, -0.15) is 0 Å². The minimum atomic E-state index is 0.911. The zero-order valence-electron chi connectivity index (χ0n) is 7.56. The van der Waals surface area contributed by atoms with Crippen LogP contribution in [-0.2, 0) is 0 Å². The fourth-order valence-corrected chi connectivity index (χ4v) is 1.59. The second kappa shape index (κ2) is 3.41. The fourth-order valence-electron chi connectivity index (χ4n) is 1.59. The molecule has 0 aromatic carbocycles. The number of hydrogen-bond acceptors (Lipinski definition) is 0. The molecule has 1 fully saturated rings. The number of hydrogen-bond donors (Lipinski definition) is 0. The van der Waals surface area contributed by atoms with E-state index in [-0.39, 0.29) is 0 Å². The van der Waals surface area contributed by atoms with Crippen molar-refractivity contribution in [1.29, 1.82) is 0 Å². The van der Waals surface area contributed by atoms with Gasteiger partial charge in [0.1, 0.15) is 0 Å². The summed E-state index contributed by atoms with van der Waals surface area (Å²) in [6, 6.07) is 0. The summed E-state index contributed by atoms with van der Waals surface area (Å²) in [7, 11) is 0. The van der Waals surface area contributed by atoms with E-state index < -0.39 is 0 Å². The van der Waals surface area contributed by atoms with Crippen molar-refractivity contribution in [3.8, 4) is 0 Å². The predicted octanol–water partition coefficient (Wildman–Crippen LogP) is 3.47. The Balaban J connectivity index is 1.87. The molecule has 1 aliphatic carbocycles. The van der Waals surface area contributed by atoms with Crippen LogP contribution in [0.15, 0.2) is 0 Å². The monoisotopic (exact) mass is 140 g/mol. The third-order valence-corrected chi connectivity index (χ3v) is 2.63. The van der Waals surface area contributed by atoms with Crippen molar-refractivity contribution in [3.05, 3.63) is 0 Å². The second-order valence-electron chi connectivity index (χ2n) is 4.30. The molecule has 1 saturated carbocycles. The fraction of sp³-hybridized carbons (Fsp3) is 1.00. The van der Waals surface area contributed by atoms with Crippen LogP contribution in [0.5, 0.6) is 0 Å². The Morgan fingerprint density at radius 3 is 2.40 bits per heavy atom. The molecule has 0 saturated heterocycles. The van der Waals surface area contributed by atoms with Gasteiger partial charge in [-0.15, -0.1) is 0 Å². The first-order chi connectivity index (χ1) is 4.70. The molecule has 2 atom stereocenters. The molecule has 0 aromatic rings. The van der Waals surface area contributed by atoms with E-state index in [9.17, 15) is 0 Å². The second-order valence-corrected chi connectivity index (χ2v) is 4.30. The highest BCUT2D eigenvalue weighted by Gasteiger charge is 2.31. The van der Waals surface area contributed by atoms with Gasteiger partial charge in [-0.3, -0.25) is 0 Å². The summed E-state index contributed by atoms with van der Waals surface area (Å²) < 4.78 is 0. The van der Waals surface area contributed by atoms with Crippen molar-refractivity contribution in [3.63, 3.8) is 0 Å². The SMILES string of the molecule is CC(C)CCC[C@@H]1C[C@@H]1C. The molecule has 0 radical (unpaired) electrons. The quantitative estimate of drug-likeness (QED) is 0.561. The van der Waals surface area contributed by atoms with Gasteiger partial charge in [-0.1, -0.05) is 40.0 Å². The molecular formula is C10H20.